The molecule has 0 spiro atoms. The van der Waals surface area contributed by atoms with Crippen molar-refractivity contribution in [2.45, 2.75) is 59.2 Å². The third-order valence-electron chi connectivity index (χ3n) is 4.34. The van der Waals surface area contributed by atoms with Crippen molar-refractivity contribution in [3.63, 3.8) is 0 Å². The van der Waals surface area contributed by atoms with Gasteiger partial charge in [0.05, 0.1) is 7.11 Å². The fraction of sp³-hybridized carbons (Fsp3) is 0.478. The second kappa shape index (κ2) is 9.09. The molecule has 28 heavy (non-hydrogen) atoms. The van der Waals surface area contributed by atoms with Crippen LogP contribution in [0.3, 0.4) is 0 Å². The number of amides is 1. The van der Waals surface area contributed by atoms with Crippen LogP contribution in [0.15, 0.2) is 42.5 Å². The zero-order valence-corrected chi connectivity index (χ0v) is 17.7. The number of hydrogen-bond donors (Lipinski definition) is 0. The summed E-state index contributed by atoms with van der Waals surface area (Å²) in [4.78, 5) is 26.9. The van der Waals surface area contributed by atoms with Gasteiger partial charge in [0.2, 0.25) is 0 Å². The molecule has 5 heteroatoms. The molecule has 0 aliphatic heterocycles. The summed E-state index contributed by atoms with van der Waals surface area (Å²) in [5.41, 5.74) is 0.277. The number of esters is 1. The molecular formula is C23H31NO4. The summed E-state index contributed by atoms with van der Waals surface area (Å²) < 4.78 is 10.6. The van der Waals surface area contributed by atoms with Crippen molar-refractivity contribution in [1.82, 2.24) is 4.90 Å². The molecule has 0 bridgehead atoms. The number of benzene rings is 2. The van der Waals surface area contributed by atoms with E-state index in [1.807, 2.05) is 77.1 Å². The van der Waals surface area contributed by atoms with Crippen LogP contribution in [-0.4, -0.2) is 35.7 Å². The molecule has 0 N–H and O–H groups in total. The van der Waals surface area contributed by atoms with E-state index in [1.165, 1.54) is 12.0 Å². The van der Waals surface area contributed by atoms with Crippen LogP contribution in [-0.2, 0) is 20.8 Å². The van der Waals surface area contributed by atoms with Crippen molar-refractivity contribution in [2.75, 3.05) is 7.11 Å². The fourth-order valence-corrected chi connectivity index (χ4v) is 3.09. The maximum Gasteiger partial charge on any atom is 0.411 e. The van der Waals surface area contributed by atoms with E-state index in [-0.39, 0.29) is 12.5 Å². The molecule has 0 fully saturated rings. The van der Waals surface area contributed by atoms with E-state index in [4.69, 9.17) is 9.47 Å². The molecule has 2 aromatic carbocycles. The van der Waals surface area contributed by atoms with Gasteiger partial charge in [0.15, 0.2) is 0 Å². The number of hydrogen-bond acceptors (Lipinski definition) is 4. The van der Waals surface area contributed by atoms with Crippen LogP contribution >= 0.6 is 0 Å². The van der Waals surface area contributed by atoms with Gasteiger partial charge in [-0.1, -0.05) is 50.2 Å². The molecule has 0 heterocycles. The van der Waals surface area contributed by atoms with Crippen molar-refractivity contribution in [2.24, 2.45) is 5.92 Å². The molecule has 1 amide bonds. The Morgan fingerprint density at radius 3 is 2.25 bits per heavy atom. The maximum absolute atomic E-state index is 13.0. The number of carbonyl (C=O) groups excluding carboxylic acids is 2. The number of nitrogens with zero attached hydrogens (tertiary/aromatic N) is 1. The highest BCUT2D eigenvalue weighted by Crippen LogP contribution is 2.22. The Labute approximate surface area is 167 Å². The first-order chi connectivity index (χ1) is 13.1. The average Bonchev–Trinajstić information content (AvgIpc) is 2.62. The summed E-state index contributed by atoms with van der Waals surface area (Å²) in [5.74, 6) is -0.217. The Bertz CT molecular complexity index is 823. The van der Waals surface area contributed by atoms with Gasteiger partial charge in [0, 0.05) is 6.54 Å². The predicted octanol–water partition coefficient (Wildman–Crippen LogP) is 5.16. The summed E-state index contributed by atoms with van der Waals surface area (Å²) in [6.45, 7) is 9.74. The number of carbonyl (C=O) groups is 2. The Kier molecular flexibility index (Phi) is 7.05. The number of fused-ring (bicyclic) bond motifs is 1. The molecule has 1 unspecified atom stereocenters. The summed E-state index contributed by atoms with van der Waals surface area (Å²) in [5, 5.41) is 2.21. The Hall–Kier alpha value is -2.56. The lowest BCUT2D eigenvalue weighted by atomic mass is 10.0. The molecule has 2 rings (SSSR count). The molecule has 0 aliphatic carbocycles. The van der Waals surface area contributed by atoms with E-state index in [9.17, 15) is 9.59 Å². The largest absolute Gasteiger partial charge is 0.467 e. The molecule has 152 valence electrons. The standard InChI is InChI=1S/C23H31NO4/c1-16(2)13-20(21(25)27-6)24(22(26)28-23(3,4)5)15-17-11-12-18-9-7-8-10-19(18)14-17/h7-12,14,16,20H,13,15H2,1-6H3. The lowest BCUT2D eigenvalue weighted by Gasteiger charge is -2.33. The molecular weight excluding hydrogens is 354 g/mol. The van der Waals surface area contributed by atoms with Gasteiger partial charge in [-0.05, 0) is 55.5 Å². The van der Waals surface area contributed by atoms with Crippen LogP contribution < -0.4 is 0 Å². The number of methoxy groups -OCH3 is 1. The van der Waals surface area contributed by atoms with Gasteiger partial charge < -0.3 is 9.47 Å². The van der Waals surface area contributed by atoms with Crippen LogP contribution in [0.2, 0.25) is 0 Å². The average molecular weight is 386 g/mol. The van der Waals surface area contributed by atoms with E-state index in [1.54, 1.807) is 0 Å². The highest BCUT2D eigenvalue weighted by atomic mass is 16.6. The van der Waals surface area contributed by atoms with Gasteiger partial charge in [-0.25, -0.2) is 9.59 Å². The highest BCUT2D eigenvalue weighted by molar-refractivity contribution is 5.84. The third kappa shape index (κ3) is 5.98. The van der Waals surface area contributed by atoms with Gasteiger partial charge in [-0.15, -0.1) is 0 Å². The molecule has 1 atom stereocenters. The summed E-state index contributed by atoms with van der Waals surface area (Å²) >= 11 is 0. The maximum atomic E-state index is 13.0. The molecule has 2 aromatic rings. The Morgan fingerprint density at radius 2 is 1.68 bits per heavy atom. The van der Waals surface area contributed by atoms with E-state index in [0.29, 0.717) is 6.42 Å². The van der Waals surface area contributed by atoms with Crippen LogP contribution in [0.1, 0.15) is 46.6 Å². The van der Waals surface area contributed by atoms with Gasteiger partial charge in [-0.2, -0.15) is 0 Å². The Balaban J connectivity index is 2.39. The first-order valence-electron chi connectivity index (χ1n) is 9.66. The monoisotopic (exact) mass is 385 g/mol. The zero-order chi connectivity index (χ0) is 20.9. The first kappa shape index (κ1) is 21.7. The molecule has 0 saturated carbocycles. The molecule has 0 aliphatic rings. The van der Waals surface area contributed by atoms with E-state index >= 15 is 0 Å². The molecule has 0 radical (unpaired) electrons. The van der Waals surface area contributed by atoms with Crippen LogP contribution in [0.25, 0.3) is 10.8 Å². The fourth-order valence-electron chi connectivity index (χ4n) is 3.09. The van der Waals surface area contributed by atoms with Crippen molar-refractivity contribution in [3.05, 3.63) is 48.0 Å². The van der Waals surface area contributed by atoms with Crippen LogP contribution in [0.4, 0.5) is 4.79 Å². The molecule has 5 nitrogen and oxygen atoms in total. The van der Waals surface area contributed by atoms with Gasteiger partial charge in [0.1, 0.15) is 11.6 Å². The Morgan fingerprint density at radius 1 is 1.04 bits per heavy atom. The van der Waals surface area contributed by atoms with Crippen molar-refractivity contribution in [1.29, 1.82) is 0 Å². The lowest BCUT2D eigenvalue weighted by molar-refractivity contribution is -0.147. The minimum atomic E-state index is -0.702. The van der Waals surface area contributed by atoms with Crippen molar-refractivity contribution >= 4 is 22.8 Å². The van der Waals surface area contributed by atoms with Crippen LogP contribution in [0.5, 0.6) is 0 Å². The molecule has 0 aromatic heterocycles. The summed E-state index contributed by atoms with van der Waals surface area (Å²) in [6.07, 6.45) is -0.0174. The van der Waals surface area contributed by atoms with Gasteiger partial charge in [-0.3, -0.25) is 4.90 Å². The van der Waals surface area contributed by atoms with Crippen LogP contribution in [0, 0.1) is 5.92 Å². The van der Waals surface area contributed by atoms with Crippen molar-refractivity contribution in [3.8, 4) is 0 Å². The minimum absolute atomic E-state index is 0.214. The second-order valence-electron chi connectivity index (χ2n) is 8.46. The van der Waals surface area contributed by atoms with E-state index in [2.05, 4.69) is 0 Å². The van der Waals surface area contributed by atoms with Gasteiger partial charge >= 0.3 is 12.1 Å². The van der Waals surface area contributed by atoms with Gasteiger partial charge in [0.25, 0.3) is 0 Å². The topological polar surface area (TPSA) is 55.8 Å². The van der Waals surface area contributed by atoms with Crippen molar-refractivity contribution < 1.29 is 19.1 Å². The van der Waals surface area contributed by atoms with E-state index < -0.39 is 23.7 Å². The zero-order valence-electron chi connectivity index (χ0n) is 17.7. The van der Waals surface area contributed by atoms with E-state index in [0.717, 1.165) is 16.3 Å². The quantitative estimate of drug-likeness (QED) is 0.644. The number of rotatable bonds is 6. The highest BCUT2D eigenvalue weighted by Gasteiger charge is 2.34. The summed E-state index contributed by atoms with van der Waals surface area (Å²) in [6, 6.07) is 13.4. The predicted molar refractivity (Wildman–Crippen MR) is 111 cm³/mol. The normalized spacial score (nSPS) is 12.7. The summed E-state index contributed by atoms with van der Waals surface area (Å²) in [7, 11) is 1.35. The second-order valence-corrected chi connectivity index (χ2v) is 8.46. The third-order valence-corrected chi connectivity index (χ3v) is 4.34. The smallest absolute Gasteiger partial charge is 0.411 e. The molecule has 0 saturated heterocycles. The first-order valence-corrected chi connectivity index (χ1v) is 9.66. The number of ether oxygens (including phenoxy) is 2. The lowest BCUT2D eigenvalue weighted by Crippen LogP contribution is -2.47. The SMILES string of the molecule is COC(=O)C(CC(C)C)N(Cc1ccc2ccccc2c1)C(=O)OC(C)(C)C. The minimum Gasteiger partial charge on any atom is -0.467 e.